The summed E-state index contributed by atoms with van der Waals surface area (Å²) in [7, 11) is 1.56. The highest BCUT2D eigenvalue weighted by Crippen LogP contribution is 2.32. The van der Waals surface area contributed by atoms with E-state index in [1.807, 2.05) is 0 Å². The maximum absolute atomic E-state index is 11.7. The maximum Gasteiger partial charge on any atom is 0.251 e. The minimum Gasteiger partial charge on any atom is -0.394 e. The van der Waals surface area contributed by atoms with Crippen molar-refractivity contribution in [2.45, 2.75) is 30.5 Å². The van der Waals surface area contributed by atoms with Crippen molar-refractivity contribution < 1.29 is 30.0 Å². The van der Waals surface area contributed by atoms with E-state index < -0.39 is 37.1 Å². The largest absolute Gasteiger partial charge is 0.394 e. The topological polar surface area (TPSA) is 119 Å². The van der Waals surface area contributed by atoms with Crippen LogP contribution in [0, 0.1) is 11.8 Å². The van der Waals surface area contributed by atoms with Gasteiger partial charge in [-0.05, 0) is 35.9 Å². The fourth-order valence-corrected chi connectivity index (χ4v) is 3.20. The van der Waals surface area contributed by atoms with Gasteiger partial charge in [0.05, 0.1) is 6.61 Å². The number of nitrogens with one attached hydrogen (secondary N) is 1. The second-order valence-electron chi connectivity index (χ2n) is 6.78. The molecule has 0 spiro atoms. The molecular weight excluding hydrogens is 374 g/mol. The zero-order valence-corrected chi connectivity index (χ0v) is 15.8. The molecular formula is C22H23NO6. The van der Waals surface area contributed by atoms with Crippen LogP contribution in [0.2, 0.25) is 0 Å². The zero-order chi connectivity index (χ0) is 21.0. The molecule has 0 aliphatic carbocycles. The molecule has 2 aromatic rings. The Morgan fingerprint density at radius 2 is 1.66 bits per heavy atom. The maximum atomic E-state index is 11.7. The molecule has 3 rings (SSSR count). The Balaban J connectivity index is 1.84. The van der Waals surface area contributed by atoms with Gasteiger partial charge in [0.25, 0.3) is 5.91 Å². The van der Waals surface area contributed by atoms with Gasteiger partial charge >= 0.3 is 0 Å². The number of carbonyl (C=O) groups excluding carboxylic acids is 1. The lowest BCUT2D eigenvalue weighted by Crippen LogP contribution is -2.55. The van der Waals surface area contributed by atoms with Crippen molar-refractivity contribution in [1.29, 1.82) is 0 Å². The highest BCUT2D eigenvalue weighted by molar-refractivity contribution is 5.94. The Morgan fingerprint density at radius 3 is 2.31 bits per heavy atom. The van der Waals surface area contributed by atoms with Crippen LogP contribution in [-0.2, 0) is 4.74 Å². The second-order valence-corrected chi connectivity index (χ2v) is 6.78. The molecule has 152 valence electrons. The fraction of sp³-hybridized carbons (Fsp3) is 0.318. The predicted molar refractivity (Wildman–Crippen MR) is 105 cm³/mol. The van der Waals surface area contributed by atoms with Crippen LogP contribution in [0.5, 0.6) is 0 Å². The normalized spacial score (nSPS) is 26.3. The van der Waals surface area contributed by atoms with Gasteiger partial charge in [0.2, 0.25) is 0 Å². The number of hydrogen-bond donors (Lipinski definition) is 5. The van der Waals surface area contributed by atoms with Gasteiger partial charge in [-0.15, -0.1) is 0 Å². The van der Waals surface area contributed by atoms with E-state index in [0.29, 0.717) is 22.3 Å². The first kappa shape index (κ1) is 21.0. The van der Waals surface area contributed by atoms with Crippen LogP contribution in [0.15, 0.2) is 48.5 Å². The van der Waals surface area contributed by atoms with E-state index in [4.69, 9.17) is 4.74 Å². The van der Waals surface area contributed by atoms with Gasteiger partial charge in [-0.3, -0.25) is 4.79 Å². The molecule has 1 fully saturated rings. The van der Waals surface area contributed by atoms with Crippen LogP contribution < -0.4 is 5.32 Å². The number of benzene rings is 2. The van der Waals surface area contributed by atoms with Gasteiger partial charge in [0.15, 0.2) is 0 Å². The summed E-state index contributed by atoms with van der Waals surface area (Å²) in [6, 6.07) is 13.9. The van der Waals surface area contributed by atoms with E-state index in [0.717, 1.165) is 0 Å². The van der Waals surface area contributed by atoms with Crippen molar-refractivity contribution in [3.8, 4) is 11.8 Å². The smallest absolute Gasteiger partial charge is 0.251 e. The molecule has 1 aliphatic heterocycles. The highest BCUT2D eigenvalue weighted by Gasteiger charge is 2.43. The Kier molecular flexibility index (Phi) is 6.64. The lowest BCUT2D eigenvalue weighted by atomic mass is 9.91. The van der Waals surface area contributed by atoms with Crippen LogP contribution in [-0.4, -0.2) is 64.4 Å². The molecule has 0 saturated carbocycles. The molecule has 5 atom stereocenters. The molecule has 5 unspecified atom stereocenters. The van der Waals surface area contributed by atoms with Crippen LogP contribution >= 0.6 is 0 Å². The predicted octanol–water partition coefficient (Wildman–Crippen LogP) is -0.0391. The van der Waals surface area contributed by atoms with Crippen LogP contribution in [0.3, 0.4) is 0 Å². The lowest BCUT2D eigenvalue weighted by Gasteiger charge is -2.40. The number of ether oxygens (including phenoxy) is 1. The molecule has 1 amide bonds. The molecule has 5 N–H and O–H groups in total. The summed E-state index contributed by atoms with van der Waals surface area (Å²) >= 11 is 0. The third-order valence-electron chi connectivity index (χ3n) is 4.81. The highest BCUT2D eigenvalue weighted by atomic mass is 16.5. The van der Waals surface area contributed by atoms with Crippen molar-refractivity contribution in [3.05, 3.63) is 70.8 Å². The minimum absolute atomic E-state index is 0.196. The van der Waals surface area contributed by atoms with Gasteiger partial charge in [0, 0.05) is 23.7 Å². The first-order chi connectivity index (χ1) is 13.9. The number of aliphatic hydroxyl groups is 4. The molecule has 0 radical (unpaired) electrons. The second kappa shape index (κ2) is 9.18. The first-order valence-electron chi connectivity index (χ1n) is 9.19. The van der Waals surface area contributed by atoms with E-state index in [9.17, 15) is 25.2 Å². The van der Waals surface area contributed by atoms with Crippen LogP contribution in [0.4, 0.5) is 0 Å². The summed E-state index contributed by atoms with van der Waals surface area (Å²) in [5, 5.41) is 42.1. The van der Waals surface area contributed by atoms with Crippen molar-refractivity contribution in [1.82, 2.24) is 5.32 Å². The minimum atomic E-state index is -1.44. The summed E-state index contributed by atoms with van der Waals surface area (Å²) in [4.78, 5) is 11.7. The standard InChI is InChI=1S/C22H23NO6/c1-23-22(28)16-7-3-5-14(11-16)9-8-13-4-2-6-15(10-13)21-20(27)19(26)18(25)17(12-24)29-21/h2-7,10-11,17-21,24-27H,12H2,1H3,(H,23,28). The van der Waals surface area contributed by atoms with E-state index in [1.54, 1.807) is 55.6 Å². The third kappa shape index (κ3) is 4.65. The molecule has 7 nitrogen and oxygen atoms in total. The summed E-state index contributed by atoms with van der Waals surface area (Å²) in [6.45, 7) is -0.484. The van der Waals surface area contributed by atoms with Crippen molar-refractivity contribution in [2.75, 3.05) is 13.7 Å². The molecule has 0 aromatic heterocycles. The number of carbonyl (C=O) groups is 1. The quantitative estimate of drug-likeness (QED) is 0.464. The monoisotopic (exact) mass is 397 g/mol. The van der Waals surface area contributed by atoms with E-state index >= 15 is 0 Å². The van der Waals surface area contributed by atoms with E-state index in [2.05, 4.69) is 17.2 Å². The number of amides is 1. The average molecular weight is 397 g/mol. The van der Waals surface area contributed by atoms with Crippen LogP contribution in [0.25, 0.3) is 0 Å². The molecule has 29 heavy (non-hydrogen) atoms. The number of rotatable bonds is 3. The lowest BCUT2D eigenvalue weighted by molar-refractivity contribution is -0.231. The van der Waals surface area contributed by atoms with E-state index in [1.165, 1.54) is 0 Å². The summed E-state index contributed by atoms with van der Waals surface area (Å²) < 4.78 is 5.59. The third-order valence-corrected chi connectivity index (χ3v) is 4.81. The molecule has 1 saturated heterocycles. The van der Waals surface area contributed by atoms with Crippen LogP contribution in [0.1, 0.15) is 33.2 Å². The number of aliphatic hydroxyl groups excluding tert-OH is 4. The van der Waals surface area contributed by atoms with E-state index in [-0.39, 0.29) is 5.91 Å². The zero-order valence-electron chi connectivity index (χ0n) is 15.8. The van der Waals surface area contributed by atoms with Crippen molar-refractivity contribution in [3.63, 3.8) is 0 Å². The molecule has 2 aromatic carbocycles. The Hall–Kier alpha value is -2.73. The van der Waals surface area contributed by atoms with Crippen molar-refractivity contribution >= 4 is 5.91 Å². The Labute approximate surface area is 168 Å². The Bertz CT molecular complexity index is 932. The van der Waals surface area contributed by atoms with Gasteiger partial charge in [-0.1, -0.05) is 30.0 Å². The summed E-state index contributed by atoms with van der Waals surface area (Å²) in [6.07, 6.45) is -6.07. The van der Waals surface area contributed by atoms with Gasteiger partial charge in [-0.2, -0.15) is 0 Å². The van der Waals surface area contributed by atoms with Gasteiger partial charge in [0.1, 0.15) is 30.5 Å². The molecule has 1 aliphatic rings. The molecule has 0 bridgehead atoms. The van der Waals surface area contributed by atoms with Gasteiger partial charge < -0.3 is 30.5 Å². The summed E-state index contributed by atoms with van der Waals surface area (Å²) in [5.74, 6) is 5.80. The fourth-order valence-electron chi connectivity index (χ4n) is 3.20. The molecule has 1 heterocycles. The SMILES string of the molecule is CNC(=O)c1cccc(C#Cc2cccc(C3OC(CO)C(O)C(O)C3O)c2)c1. The van der Waals surface area contributed by atoms with Gasteiger partial charge in [-0.25, -0.2) is 0 Å². The first-order valence-corrected chi connectivity index (χ1v) is 9.19. The summed E-state index contributed by atoms with van der Waals surface area (Å²) in [5.41, 5.74) is 2.39. The van der Waals surface area contributed by atoms with Crippen molar-refractivity contribution in [2.24, 2.45) is 0 Å². The Morgan fingerprint density at radius 1 is 1.00 bits per heavy atom. The molecule has 7 heteroatoms. The average Bonchev–Trinajstić information content (AvgIpc) is 2.76. The number of hydrogen-bond acceptors (Lipinski definition) is 6.